The molecule has 3 aromatic carbocycles. The highest BCUT2D eigenvalue weighted by atomic mass is 32.1. The zero-order chi connectivity index (χ0) is 20.2. The van der Waals surface area contributed by atoms with E-state index in [-0.39, 0.29) is 18.2 Å². The Kier molecular flexibility index (Phi) is 5.35. The predicted octanol–water partition coefficient (Wildman–Crippen LogP) is 4.28. The van der Waals surface area contributed by atoms with E-state index in [2.05, 4.69) is 15.8 Å². The fraction of sp³-hybridized carbons (Fsp3) is 0.0870. The first-order valence-corrected chi connectivity index (χ1v) is 10.0. The van der Waals surface area contributed by atoms with Crippen molar-refractivity contribution in [3.8, 4) is 10.6 Å². The number of carbonyl (C=O) groups excluding carboxylic acids is 2. The standard InChI is InChI=1S/C23H19N3O2S/c1-15-21(29-23(24-15)17-9-3-2-4-10-17)22(28)26-25-20(27)14-18-12-7-11-16-8-5-6-13-19(16)18/h2-13H,14H2,1H3,(H,25,27)(H,26,28). The van der Waals surface area contributed by atoms with Crippen LogP contribution >= 0.6 is 11.3 Å². The first-order valence-electron chi connectivity index (χ1n) is 9.20. The van der Waals surface area contributed by atoms with E-state index in [0.717, 1.165) is 26.9 Å². The van der Waals surface area contributed by atoms with Gasteiger partial charge in [-0.1, -0.05) is 72.8 Å². The minimum atomic E-state index is -0.367. The summed E-state index contributed by atoms with van der Waals surface area (Å²) in [5.74, 6) is -0.645. The van der Waals surface area contributed by atoms with Crippen LogP contribution in [0.2, 0.25) is 0 Å². The number of aryl methyl sites for hydroxylation is 1. The molecule has 29 heavy (non-hydrogen) atoms. The van der Waals surface area contributed by atoms with Crippen LogP contribution in [0.3, 0.4) is 0 Å². The Bertz CT molecular complexity index is 1180. The Morgan fingerprint density at radius 1 is 0.897 bits per heavy atom. The molecule has 0 saturated heterocycles. The van der Waals surface area contributed by atoms with E-state index in [0.29, 0.717) is 10.6 Å². The lowest BCUT2D eigenvalue weighted by Gasteiger charge is -2.08. The van der Waals surface area contributed by atoms with Crippen LogP contribution in [0.15, 0.2) is 72.8 Å². The summed E-state index contributed by atoms with van der Waals surface area (Å²) < 4.78 is 0. The monoisotopic (exact) mass is 401 g/mol. The van der Waals surface area contributed by atoms with Gasteiger partial charge in [0.1, 0.15) is 9.88 Å². The maximum atomic E-state index is 12.5. The van der Waals surface area contributed by atoms with Crippen molar-refractivity contribution in [3.63, 3.8) is 0 Å². The van der Waals surface area contributed by atoms with Crippen molar-refractivity contribution in [1.82, 2.24) is 15.8 Å². The SMILES string of the molecule is Cc1nc(-c2ccccc2)sc1C(=O)NNC(=O)Cc1cccc2ccccc12. The molecule has 0 aliphatic heterocycles. The highest BCUT2D eigenvalue weighted by molar-refractivity contribution is 7.17. The van der Waals surface area contributed by atoms with Crippen LogP contribution < -0.4 is 10.9 Å². The molecule has 2 N–H and O–H groups in total. The molecule has 4 aromatic rings. The second kappa shape index (κ2) is 8.24. The molecular weight excluding hydrogens is 382 g/mol. The molecule has 144 valence electrons. The maximum Gasteiger partial charge on any atom is 0.281 e. The molecular formula is C23H19N3O2S. The first-order chi connectivity index (χ1) is 14.1. The average Bonchev–Trinajstić information content (AvgIpc) is 3.15. The van der Waals surface area contributed by atoms with Gasteiger partial charge in [-0.05, 0) is 23.3 Å². The van der Waals surface area contributed by atoms with E-state index in [9.17, 15) is 9.59 Å². The smallest absolute Gasteiger partial charge is 0.273 e. The van der Waals surface area contributed by atoms with Crippen molar-refractivity contribution >= 4 is 33.9 Å². The second-order valence-corrected chi connectivity index (χ2v) is 7.62. The molecule has 2 amide bonds. The lowest BCUT2D eigenvalue weighted by molar-refractivity contribution is -0.121. The van der Waals surface area contributed by atoms with Gasteiger partial charge in [0.15, 0.2) is 0 Å². The van der Waals surface area contributed by atoms with Crippen LogP contribution in [0.4, 0.5) is 0 Å². The number of fused-ring (bicyclic) bond motifs is 1. The van der Waals surface area contributed by atoms with Crippen molar-refractivity contribution in [3.05, 3.63) is 88.9 Å². The lowest BCUT2D eigenvalue weighted by atomic mass is 10.0. The van der Waals surface area contributed by atoms with Gasteiger partial charge in [-0.25, -0.2) is 4.98 Å². The van der Waals surface area contributed by atoms with E-state index in [1.807, 2.05) is 72.8 Å². The highest BCUT2D eigenvalue weighted by Gasteiger charge is 2.17. The van der Waals surface area contributed by atoms with E-state index >= 15 is 0 Å². The van der Waals surface area contributed by atoms with Crippen LogP contribution in [0, 0.1) is 6.92 Å². The Balaban J connectivity index is 1.42. The van der Waals surface area contributed by atoms with Gasteiger partial charge in [-0.2, -0.15) is 0 Å². The Labute approximate surface area is 172 Å². The van der Waals surface area contributed by atoms with Gasteiger partial charge in [-0.3, -0.25) is 20.4 Å². The Morgan fingerprint density at radius 3 is 2.45 bits per heavy atom. The van der Waals surface area contributed by atoms with Crippen molar-refractivity contribution in [2.75, 3.05) is 0 Å². The number of hydrazine groups is 1. The van der Waals surface area contributed by atoms with Gasteiger partial charge >= 0.3 is 0 Å². The molecule has 6 heteroatoms. The largest absolute Gasteiger partial charge is 0.281 e. The van der Waals surface area contributed by atoms with Crippen molar-refractivity contribution < 1.29 is 9.59 Å². The van der Waals surface area contributed by atoms with Crippen molar-refractivity contribution in [1.29, 1.82) is 0 Å². The first kappa shape index (κ1) is 18.8. The Hall–Kier alpha value is -3.51. The summed E-state index contributed by atoms with van der Waals surface area (Å²) in [5.41, 5.74) is 7.52. The topological polar surface area (TPSA) is 71.1 Å². The molecule has 4 rings (SSSR count). The third-order valence-electron chi connectivity index (χ3n) is 4.57. The van der Waals surface area contributed by atoms with Crippen LogP contribution in [-0.4, -0.2) is 16.8 Å². The molecule has 1 heterocycles. The average molecular weight is 401 g/mol. The number of carbonyl (C=O) groups is 2. The summed E-state index contributed by atoms with van der Waals surface area (Å²) in [6.45, 7) is 1.79. The maximum absolute atomic E-state index is 12.5. The quantitative estimate of drug-likeness (QED) is 0.502. The molecule has 5 nitrogen and oxygen atoms in total. The van der Waals surface area contributed by atoms with Gasteiger partial charge < -0.3 is 0 Å². The van der Waals surface area contributed by atoms with Gasteiger partial charge in [0.05, 0.1) is 12.1 Å². The number of hydrogen-bond donors (Lipinski definition) is 2. The number of nitrogens with one attached hydrogen (secondary N) is 2. The molecule has 0 fully saturated rings. The van der Waals surface area contributed by atoms with E-state index < -0.39 is 0 Å². The van der Waals surface area contributed by atoms with Gasteiger partial charge in [0.2, 0.25) is 5.91 Å². The molecule has 0 spiro atoms. The number of benzene rings is 3. The van der Waals surface area contributed by atoms with Crippen LogP contribution in [0.1, 0.15) is 20.9 Å². The third kappa shape index (κ3) is 4.17. The summed E-state index contributed by atoms with van der Waals surface area (Å²) in [5, 5.41) is 2.88. The van der Waals surface area contributed by atoms with Crippen LogP contribution in [0.5, 0.6) is 0 Å². The van der Waals surface area contributed by atoms with Gasteiger partial charge in [-0.15, -0.1) is 11.3 Å². The summed E-state index contributed by atoms with van der Waals surface area (Å²) in [6.07, 6.45) is 0.179. The molecule has 0 saturated carbocycles. The summed E-state index contributed by atoms with van der Waals surface area (Å²) in [7, 11) is 0. The normalized spacial score (nSPS) is 10.7. The fourth-order valence-corrected chi connectivity index (χ4v) is 4.13. The van der Waals surface area contributed by atoms with Gasteiger partial charge in [0.25, 0.3) is 5.91 Å². The molecule has 0 radical (unpaired) electrons. The number of amides is 2. The minimum absolute atomic E-state index is 0.179. The molecule has 1 aromatic heterocycles. The summed E-state index contributed by atoms with van der Waals surface area (Å²) in [6, 6.07) is 23.5. The molecule has 0 aliphatic carbocycles. The highest BCUT2D eigenvalue weighted by Crippen LogP contribution is 2.27. The third-order valence-corrected chi connectivity index (χ3v) is 5.78. The number of aromatic nitrogens is 1. The number of hydrogen-bond acceptors (Lipinski definition) is 4. The molecule has 0 bridgehead atoms. The zero-order valence-corrected chi connectivity index (χ0v) is 16.6. The number of thiazole rings is 1. The van der Waals surface area contributed by atoms with Crippen molar-refractivity contribution in [2.45, 2.75) is 13.3 Å². The lowest BCUT2D eigenvalue weighted by Crippen LogP contribution is -2.42. The molecule has 0 atom stereocenters. The molecule has 0 aliphatic rings. The fourth-order valence-electron chi connectivity index (χ4n) is 3.16. The van der Waals surface area contributed by atoms with E-state index in [4.69, 9.17) is 0 Å². The number of rotatable bonds is 4. The van der Waals surface area contributed by atoms with Crippen molar-refractivity contribution in [2.24, 2.45) is 0 Å². The van der Waals surface area contributed by atoms with Gasteiger partial charge in [0, 0.05) is 5.56 Å². The van der Waals surface area contributed by atoms with Crippen LogP contribution in [-0.2, 0) is 11.2 Å². The Morgan fingerprint density at radius 2 is 1.62 bits per heavy atom. The van der Waals surface area contributed by atoms with E-state index in [1.54, 1.807) is 6.92 Å². The predicted molar refractivity (Wildman–Crippen MR) is 116 cm³/mol. The zero-order valence-electron chi connectivity index (χ0n) is 15.8. The minimum Gasteiger partial charge on any atom is -0.273 e. The molecule has 0 unspecified atom stereocenters. The van der Waals surface area contributed by atoms with E-state index in [1.165, 1.54) is 11.3 Å². The second-order valence-electron chi connectivity index (χ2n) is 6.62. The van der Waals surface area contributed by atoms with Crippen LogP contribution in [0.25, 0.3) is 21.3 Å². The summed E-state index contributed by atoms with van der Waals surface area (Å²) >= 11 is 1.30. The summed E-state index contributed by atoms with van der Waals surface area (Å²) in [4.78, 5) is 29.8. The number of nitrogens with zero attached hydrogens (tertiary/aromatic N) is 1.